The number of carbonyl (C=O) groups is 1. The van der Waals surface area contributed by atoms with E-state index in [0.29, 0.717) is 11.7 Å². The summed E-state index contributed by atoms with van der Waals surface area (Å²) in [6.07, 6.45) is 5.90. The Morgan fingerprint density at radius 2 is 2.06 bits per heavy atom. The van der Waals surface area contributed by atoms with Crippen molar-refractivity contribution in [1.82, 2.24) is 0 Å². The maximum absolute atomic E-state index is 12.7. The molecule has 0 amide bonds. The molecule has 1 aromatic rings. The van der Waals surface area contributed by atoms with Gasteiger partial charge in [0.1, 0.15) is 0 Å². The molecule has 0 saturated heterocycles. The SMILES string of the molecule is CCC1CCCCC1C(=O)c1ccc(C)cc1Br. The highest BCUT2D eigenvalue weighted by Crippen LogP contribution is 2.35. The van der Waals surface area contributed by atoms with Crippen LogP contribution in [0.4, 0.5) is 0 Å². The molecule has 2 rings (SSSR count). The number of benzene rings is 1. The smallest absolute Gasteiger partial charge is 0.167 e. The molecule has 2 atom stereocenters. The predicted octanol–water partition coefficient (Wildman–Crippen LogP) is 5.16. The Kier molecular flexibility index (Phi) is 4.60. The third-order valence-electron chi connectivity index (χ3n) is 4.16. The van der Waals surface area contributed by atoms with E-state index in [0.717, 1.165) is 22.9 Å². The van der Waals surface area contributed by atoms with E-state index >= 15 is 0 Å². The average molecular weight is 309 g/mol. The first-order valence-corrected chi connectivity index (χ1v) is 7.73. The normalized spacial score (nSPS) is 23.9. The van der Waals surface area contributed by atoms with Crippen molar-refractivity contribution < 1.29 is 4.79 Å². The van der Waals surface area contributed by atoms with Crippen molar-refractivity contribution in [2.75, 3.05) is 0 Å². The van der Waals surface area contributed by atoms with Crippen LogP contribution in [0.1, 0.15) is 54.9 Å². The fourth-order valence-electron chi connectivity index (χ4n) is 3.06. The molecular weight excluding hydrogens is 288 g/mol. The molecule has 2 heteroatoms. The molecule has 0 bridgehead atoms. The van der Waals surface area contributed by atoms with E-state index in [9.17, 15) is 4.79 Å². The maximum Gasteiger partial charge on any atom is 0.167 e. The number of ketones is 1. The number of halogens is 1. The van der Waals surface area contributed by atoms with E-state index in [1.54, 1.807) is 0 Å². The first-order valence-electron chi connectivity index (χ1n) is 6.94. The van der Waals surface area contributed by atoms with Crippen molar-refractivity contribution in [3.63, 3.8) is 0 Å². The third-order valence-corrected chi connectivity index (χ3v) is 4.82. The van der Waals surface area contributed by atoms with Gasteiger partial charge in [-0.2, -0.15) is 0 Å². The zero-order chi connectivity index (χ0) is 13.1. The molecule has 1 aliphatic rings. The second kappa shape index (κ2) is 6.01. The van der Waals surface area contributed by atoms with Gasteiger partial charge in [-0.05, 0) is 43.4 Å². The molecule has 0 radical (unpaired) electrons. The summed E-state index contributed by atoms with van der Waals surface area (Å²) in [5, 5.41) is 0. The zero-order valence-corrected chi connectivity index (χ0v) is 12.8. The standard InChI is InChI=1S/C16H21BrO/c1-3-12-6-4-5-7-13(12)16(18)14-9-8-11(2)10-15(14)17/h8-10,12-13H,3-7H2,1-2H3. The fourth-order valence-corrected chi connectivity index (χ4v) is 3.75. The van der Waals surface area contributed by atoms with Gasteiger partial charge in [0.25, 0.3) is 0 Å². The fraction of sp³-hybridized carbons (Fsp3) is 0.562. The second-order valence-corrected chi connectivity index (χ2v) is 6.26. The first-order chi connectivity index (χ1) is 8.63. The third kappa shape index (κ3) is 2.85. The van der Waals surface area contributed by atoms with E-state index in [1.807, 2.05) is 18.2 Å². The number of Topliss-reactive ketones (excluding diaryl/α,β-unsaturated/α-hetero) is 1. The van der Waals surface area contributed by atoms with Crippen molar-refractivity contribution >= 4 is 21.7 Å². The van der Waals surface area contributed by atoms with Crippen LogP contribution in [0.15, 0.2) is 22.7 Å². The van der Waals surface area contributed by atoms with Crippen LogP contribution in [0.5, 0.6) is 0 Å². The van der Waals surface area contributed by atoms with Crippen LogP contribution in [0.2, 0.25) is 0 Å². The number of carbonyl (C=O) groups excluding carboxylic acids is 1. The van der Waals surface area contributed by atoms with Crippen molar-refractivity contribution in [2.45, 2.75) is 46.0 Å². The van der Waals surface area contributed by atoms with Crippen LogP contribution < -0.4 is 0 Å². The lowest BCUT2D eigenvalue weighted by molar-refractivity contribution is 0.0819. The van der Waals surface area contributed by atoms with Gasteiger partial charge in [-0.15, -0.1) is 0 Å². The van der Waals surface area contributed by atoms with E-state index in [-0.39, 0.29) is 5.92 Å². The monoisotopic (exact) mass is 308 g/mol. The van der Waals surface area contributed by atoms with Gasteiger partial charge in [-0.25, -0.2) is 0 Å². The molecule has 1 aliphatic carbocycles. The molecule has 0 aromatic heterocycles. The summed E-state index contributed by atoms with van der Waals surface area (Å²) in [5.41, 5.74) is 2.06. The second-order valence-electron chi connectivity index (χ2n) is 5.41. The van der Waals surface area contributed by atoms with Crippen molar-refractivity contribution in [2.24, 2.45) is 11.8 Å². The van der Waals surface area contributed by atoms with Crippen molar-refractivity contribution in [3.8, 4) is 0 Å². The van der Waals surface area contributed by atoms with E-state index < -0.39 is 0 Å². The van der Waals surface area contributed by atoms with Crippen LogP contribution >= 0.6 is 15.9 Å². The van der Waals surface area contributed by atoms with Crippen LogP contribution in [0.25, 0.3) is 0 Å². The molecule has 1 nitrogen and oxygen atoms in total. The van der Waals surface area contributed by atoms with E-state index in [1.165, 1.54) is 24.8 Å². The zero-order valence-electron chi connectivity index (χ0n) is 11.2. The minimum Gasteiger partial charge on any atom is -0.294 e. The highest BCUT2D eigenvalue weighted by atomic mass is 79.9. The summed E-state index contributed by atoms with van der Waals surface area (Å²) >= 11 is 3.54. The lowest BCUT2D eigenvalue weighted by Crippen LogP contribution is -2.27. The van der Waals surface area contributed by atoms with Crippen LogP contribution in [-0.4, -0.2) is 5.78 Å². The summed E-state index contributed by atoms with van der Waals surface area (Å²) in [6.45, 7) is 4.26. The molecule has 0 heterocycles. The Labute approximate surface area is 118 Å². The van der Waals surface area contributed by atoms with Crippen LogP contribution in [0.3, 0.4) is 0 Å². The topological polar surface area (TPSA) is 17.1 Å². The minimum atomic E-state index is 0.239. The highest BCUT2D eigenvalue weighted by Gasteiger charge is 2.30. The molecule has 0 aliphatic heterocycles. The Balaban J connectivity index is 2.24. The van der Waals surface area contributed by atoms with Gasteiger partial charge in [0, 0.05) is 16.0 Å². The molecule has 1 fully saturated rings. The molecule has 0 N–H and O–H groups in total. The molecular formula is C16H21BrO. The molecule has 1 aromatic carbocycles. The number of aryl methyl sites for hydroxylation is 1. The average Bonchev–Trinajstić information content (AvgIpc) is 2.38. The summed E-state index contributed by atoms with van der Waals surface area (Å²) in [7, 11) is 0. The van der Waals surface area contributed by atoms with Crippen molar-refractivity contribution in [1.29, 1.82) is 0 Å². The Morgan fingerprint density at radius 3 is 2.72 bits per heavy atom. The minimum absolute atomic E-state index is 0.239. The molecule has 18 heavy (non-hydrogen) atoms. The molecule has 98 valence electrons. The summed E-state index contributed by atoms with van der Waals surface area (Å²) in [6, 6.07) is 6.04. The number of hydrogen-bond acceptors (Lipinski definition) is 1. The van der Waals surface area contributed by atoms with Crippen LogP contribution in [-0.2, 0) is 0 Å². The Hall–Kier alpha value is -0.630. The van der Waals surface area contributed by atoms with Gasteiger partial charge in [0.15, 0.2) is 5.78 Å². The first kappa shape index (κ1) is 13.8. The predicted molar refractivity (Wildman–Crippen MR) is 78.9 cm³/mol. The van der Waals surface area contributed by atoms with E-state index in [4.69, 9.17) is 0 Å². The van der Waals surface area contributed by atoms with Gasteiger partial charge in [0.05, 0.1) is 0 Å². The molecule has 2 unspecified atom stereocenters. The van der Waals surface area contributed by atoms with Gasteiger partial charge in [-0.1, -0.05) is 48.2 Å². The maximum atomic E-state index is 12.7. The number of rotatable bonds is 3. The van der Waals surface area contributed by atoms with Gasteiger partial charge >= 0.3 is 0 Å². The van der Waals surface area contributed by atoms with E-state index in [2.05, 4.69) is 29.8 Å². The quantitative estimate of drug-likeness (QED) is 0.705. The number of hydrogen-bond donors (Lipinski definition) is 0. The van der Waals surface area contributed by atoms with Gasteiger partial charge in [-0.3, -0.25) is 4.79 Å². The summed E-state index contributed by atoms with van der Waals surface area (Å²) < 4.78 is 0.952. The highest BCUT2D eigenvalue weighted by molar-refractivity contribution is 9.10. The van der Waals surface area contributed by atoms with Crippen molar-refractivity contribution in [3.05, 3.63) is 33.8 Å². The molecule has 1 saturated carbocycles. The van der Waals surface area contributed by atoms with Gasteiger partial charge < -0.3 is 0 Å². The largest absolute Gasteiger partial charge is 0.294 e. The van der Waals surface area contributed by atoms with Gasteiger partial charge in [0.2, 0.25) is 0 Å². The molecule has 0 spiro atoms. The lowest BCUT2D eigenvalue weighted by atomic mass is 9.74. The lowest BCUT2D eigenvalue weighted by Gasteiger charge is -2.30. The van der Waals surface area contributed by atoms with Crippen LogP contribution in [0, 0.1) is 18.8 Å². The Morgan fingerprint density at radius 1 is 1.33 bits per heavy atom. The summed E-state index contributed by atoms with van der Waals surface area (Å²) in [5.74, 6) is 1.16. The summed E-state index contributed by atoms with van der Waals surface area (Å²) in [4.78, 5) is 12.7. The Bertz CT molecular complexity index is 439.